The average Bonchev–Trinajstić information content (AvgIpc) is 3.26. The molecule has 0 radical (unpaired) electrons. The SMILES string of the molecule is COCCn1c(SCc2csc([N+](=O)[O-])c2)nnc1-c1ccccc1. The highest BCUT2D eigenvalue weighted by atomic mass is 32.2. The first kappa shape index (κ1) is 17.6. The lowest BCUT2D eigenvalue weighted by molar-refractivity contribution is -0.380. The second-order valence-electron chi connectivity index (χ2n) is 5.16. The maximum Gasteiger partial charge on any atom is 0.324 e. The van der Waals surface area contributed by atoms with Crippen molar-refractivity contribution in [2.45, 2.75) is 17.5 Å². The summed E-state index contributed by atoms with van der Waals surface area (Å²) in [5.41, 5.74) is 1.90. The topological polar surface area (TPSA) is 83.1 Å². The van der Waals surface area contributed by atoms with E-state index >= 15 is 0 Å². The summed E-state index contributed by atoms with van der Waals surface area (Å²) in [6.45, 7) is 1.19. The molecule has 0 saturated heterocycles. The second-order valence-corrected chi connectivity index (χ2v) is 6.99. The quantitative estimate of drug-likeness (QED) is 0.337. The predicted molar refractivity (Wildman–Crippen MR) is 97.9 cm³/mol. The van der Waals surface area contributed by atoms with E-state index < -0.39 is 0 Å². The highest BCUT2D eigenvalue weighted by molar-refractivity contribution is 7.98. The fourth-order valence-electron chi connectivity index (χ4n) is 2.26. The van der Waals surface area contributed by atoms with Gasteiger partial charge in [-0.05, 0) is 5.56 Å². The van der Waals surface area contributed by atoms with Crippen molar-refractivity contribution in [1.29, 1.82) is 0 Å². The number of benzene rings is 1. The molecule has 0 fully saturated rings. The number of thioether (sulfide) groups is 1. The van der Waals surface area contributed by atoms with Crippen molar-refractivity contribution in [3.05, 3.63) is 57.5 Å². The van der Waals surface area contributed by atoms with Crippen molar-refractivity contribution in [3.63, 3.8) is 0 Å². The van der Waals surface area contributed by atoms with Gasteiger partial charge in [0.1, 0.15) is 0 Å². The molecule has 9 heteroatoms. The summed E-state index contributed by atoms with van der Waals surface area (Å²) in [6.07, 6.45) is 0. The van der Waals surface area contributed by atoms with Crippen LogP contribution in [0, 0.1) is 10.1 Å². The molecule has 0 unspecified atom stereocenters. The Morgan fingerprint density at radius 1 is 1.32 bits per heavy atom. The van der Waals surface area contributed by atoms with Gasteiger partial charge >= 0.3 is 5.00 Å². The van der Waals surface area contributed by atoms with Crippen molar-refractivity contribution < 1.29 is 9.66 Å². The van der Waals surface area contributed by atoms with Gasteiger partial charge in [0, 0.05) is 29.9 Å². The van der Waals surface area contributed by atoms with E-state index in [0.717, 1.165) is 33.4 Å². The Hall–Kier alpha value is -2.23. The van der Waals surface area contributed by atoms with Gasteiger partial charge in [0.2, 0.25) is 0 Å². The minimum absolute atomic E-state index is 0.154. The maximum atomic E-state index is 10.8. The van der Waals surface area contributed by atoms with Crippen molar-refractivity contribution in [2.24, 2.45) is 0 Å². The van der Waals surface area contributed by atoms with Crippen molar-refractivity contribution in [2.75, 3.05) is 13.7 Å². The number of methoxy groups -OCH3 is 1. The standard InChI is InChI=1S/C16H16N4O3S2/c1-23-8-7-19-15(13-5-3-2-4-6-13)17-18-16(19)25-11-12-9-14(20(21)22)24-10-12/h2-6,9-10H,7-8,11H2,1H3. The molecule has 0 aliphatic carbocycles. The largest absolute Gasteiger partial charge is 0.383 e. The molecule has 0 N–H and O–H groups in total. The summed E-state index contributed by atoms with van der Waals surface area (Å²) >= 11 is 2.65. The van der Waals surface area contributed by atoms with Gasteiger partial charge in [0.25, 0.3) is 0 Å². The van der Waals surface area contributed by atoms with Crippen LogP contribution in [0.5, 0.6) is 0 Å². The molecule has 130 valence electrons. The van der Waals surface area contributed by atoms with Gasteiger partial charge in [-0.15, -0.1) is 10.2 Å². The van der Waals surface area contributed by atoms with Gasteiger partial charge in [0.05, 0.1) is 18.1 Å². The van der Waals surface area contributed by atoms with Gasteiger partial charge in [-0.2, -0.15) is 0 Å². The summed E-state index contributed by atoms with van der Waals surface area (Å²) in [7, 11) is 1.66. The van der Waals surface area contributed by atoms with Crippen molar-refractivity contribution in [1.82, 2.24) is 14.8 Å². The lowest BCUT2D eigenvalue weighted by atomic mass is 10.2. The average molecular weight is 376 g/mol. The van der Waals surface area contributed by atoms with E-state index in [0.29, 0.717) is 18.9 Å². The number of nitrogens with zero attached hydrogens (tertiary/aromatic N) is 4. The smallest absolute Gasteiger partial charge is 0.324 e. The fourth-order valence-corrected chi connectivity index (χ4v) is 3.99. The van der Waals surface area contributed by atoms with Crippen LogP contribution in [-0.2, 0) is 17.0 Å². The lowest BCUT2D eigenvalue weighted by Gasteiger charge is -2.09. The van der Waals surface area contributed by atoms with Crippen LogP contribution < -0.4 is 0 Å². The molecule has 0 aliphatic heterocycles. The Balaban J connectivity index is 1.80. The van der Waals surface area contributed by atoms with E-state index in [4.69, 9.17) is 4.74 Å². The number of hydrogen-bond donors (Lipinski definition) is 0. The molecule has 1 aromatic carbocycles. The predicted octanol–water partition coefficient (Wildman–Crippen LogP) is 3.85. The molecule has 2 heterocycles. The Bertz CT molecular complexity index is 848. The van der Waals surface area contributed by atoms with Gasteiger partial charge < -0.3 is 4.74 Å². The summed E-state index contributed by atoms with van der Waals surface area (Å²) in [5, 5.41) is 22.1. The number of nitro groups is 1. The first-order chi connectivity index (χ1) is 12.2. The van der Waals surface area contributed by atoms with Crippen LogP contribution in [0.2, 0.25) is 0 Å². The van der Waals surface area contributed by atoms with Crippen LogP contribution in [0.25, 0.3) is 11.4 Å². The number of rotatable bonds is 8. The van der Waals surface area contributed by atoms with E-state index in [9.17, 15) is 10.1 Å². The molecular formula is C16H16N4O3S2. The van der Waals surface area contributed by atoms with Crippen LogP contribution in [0.4, 0.5) is 5.00 Å². The molecular weight excluding hydrogens is 360 g/mol. The molecule has 0 atom stereocenters. The van der Waals surface area contributed by atoms with E-state index in [1.165, 1.54) is 11.8 Å². The zero-order chi connectivity index (χ0) is 17.6. The summed E-state index contributed by atoms with van der Waals surface area (Å²) in [6, 6.07) is 11.5. The first-order valence-electron chi connectivity index (χ1n) is 7.51. The summed E-state index contributed by atoms with van der Waals surface area (Å²) in [5.74, 6) is 1.39. The highest BCUT2D eigenvalue weighted by Gasteiger charge is 2.15. The maximum absolute atomic E-state index is 10.8. The molecule has 0 aliphatic rings. The normalized spacial score (nSPS) is 10.9. The third-order valence-corrected chi connectivity index (χ3v) is 5.42. The first-order valence-corrected chi connectivity index (χ1v) is 9.37. The number of aromatic nitrogens is 3. The Morgan fingerprint density at radius 3 is 2.80 bits per heavy atom. The molecule has 2 aromatic heterocycles. The molecule has 0 spiro atoms. The van der Waals surface area contributed by atoms with E-state index in [2.05, 4.69) is 10.2 Å². The molecule has 0 bridgehead atoms. The van der Waals surface area contributed by atoms with Gasteiger partial charge in [-0.3, -0.25) is 14.7 Å². The summed E-state index contributed by atoms with van der Waals surface area (Å²) in [4.78, 5) is 10.4. The molecule has 0 saturated carbocycles. The molecule has 3 rings (SSSR count). The van der Waals surface area contributed by atoms with E-state index in [1.54, 1.807) is 18.6 Å². The van der Waals surface area contributed by atoms with Gasteiger partial charge in [0.15, 0.2) is 11.0 Å². The van der Waals surface area contributed by atoms with Crippen molar-refractivity contribution >= 4 is 28.1 Å². The monoisotopic (exact) mass is 376 g/mol. The summed E-state index contributed by atoms with van der Waals surface area (Å²) < 4.78 is 7.21. The Kier molecular flexibility index (Phi) is 5.79. The third kappa shape index (κ3) is 4.25. The molecule has 0 amide bonds. The fraction of sp³-hybridized carbons (Fsp3) is 0.250. The van der Waals surface area contributed by atoms with E-state index in [-0.39, 0.29) is 9.92 Å². The number of thiophene rings is 1. The molecule has 7 nitrogen and oxygen atoms in total. The van der Waals surface area contributed by atoms with Crippen molar-refractivity contribution in [3.8, 4) is 11.4 Å². The highest BCUT2D eigenvalue weighted by Crippen LogP contribution is 2.30. The number of hydrogen-bond acceptors (Lipinski definition) is 7. The lowest BCUT2D eigenvalue weighted by Crippen LogP contribution is -2.07. The van der Waals surface area contributed by atoms with E-state index in [1.807, 2.05) is 34.9 Å². The Morgan fingerprint density at radius 2 is 2.12 bits per heavy atom. The minimum atomic E-state index is -0.368. The third-order valence-electron chi connectivity index (χ3n) is 3.46. The van der Waals surface area contributed by atoms with Crippen LogP contribution in [0.1, 0.15) is 5.56 Å². The zero-order valence-corrected chi connectivity index (χ0v) is 15.1. The molecule has 3 aromatic rings. The van der Waals surface area contributed by atoms with Gasteiger partial charge in [-0.1, -0.05) is 53.4 Å². The van der Waals surface area contributed by atoms with Gasteiger partial charge in [-0.25, -0.2) is 0 Å². The number of ether oxygens (including phenoxy) is 1. The second kappa shape index (κ2) is 8.24. The zero-order valence-electron chi connectivity index (χ0n) is 13.5. The molecule has 25 heavy (non-hydrogen) atoms. The van der Waals surface area contributed by atoms with Crippen LogP contribution in [0.15, 0.2) is 46.9 Å². The minimum Gasteiger partial charge on any atom is -0.383 e. The van der Waals surface area contributed by atoms with Crippen LogP contribution >= 0.6 is 23.1 Å². The Labute approximate surface area is 152 Å². The van der Waals surface area contributed by atoms with Crippen LogP contribution in [0.3, 0.4) is 0 Å². The van der Waals surface area contributed by atoms with Crippen LogP contribution in [-0.4, -0.2) is 33.4 Å².